The largest absolute Gasteiger partial charge is 0.455 e. The van der Waals surface area contributed by atoms with Crippen LogP contribution in [0, 0.1) is 15.9 Å². The minimum Gasteiger partial charge on any atom is -0.455 e. The second kappa shape index (κ2) is 7.43. The molecule has 26 heavy (non-hydrogen) atoms. The third-order valence-corrected chi connectivity index (χ3v) is 3.50. The first-order valence-corrected chi connectivity index (χ1v) is 7.61. The maximum absolute atomic E-state index is 13.3. The van der Waals surface area contributed by atoms with Crippen LogP contribution >= 0.6 is 0 Å². The smallest absolute Gasteiger partial charge is 0.269 e. The summed E-state index contributed by atoms with van der Waals surface area (Å²) >= 11 is 0. The number of hydrogen-bond acceptors (Lipinski definition) is 4. The number of ether oxygens (including phenoxy) is 1. The highest BCUT2D eigenvalue weighted by Gasteiger charge is 2.12. The first-order valence-electron chi connectivity index (χ1n) is 7.61. The van der Waals surface area contributed by atoms with E-state index < -0.39 is 16.6 Å². The summed E-state index contributed by atoms with van der Waals surface area (Å²) in [5.41, 5.74) is 0.549. The average molecular weight is 352 g/mol. The lowest BCUT2D eigenvalue weighted by Crippen LogP contribution is -2.12. The minimum atomic E-state index is -0.538. The van der Waals surface area contributed by atoms with Crippen LogP contribution in [0.4, 0.5) is 15.8 Å². The maximum Gasteiger partial charge on any atom is 0.269 e. The highest BCUT2D eigenvalue weighted by molar-refractivity contribution is 6.05. The molecule has 7 heteroatoms. The first-order chi connectivity index (χ1) is 12.5. The summed E-state index contributed by atoms with van der Waals surface area (Å²) in [5, 5.41) is 13.4. The van der Waals surface area contributed by atoms with Crippen molar-refractivity contribution in [3.8, 4) is 11.5 Å². The van der Waals surface area contributed by atoms with Gasteiger partial charge in [0.25, 0.3) is 11.6 Å². The normalized spacial score (nSPS) is 10.2. The molecule has 1 N–H and O–H groups in total. The molecule has 3 aromatic rings. The Hall–Kier alpha value is -3.74. The van der Waals surface area contributed by atoms with Crippen LogP contribution in [0.15, 0.2) is 72.8 Å². The zero-order valence-electron chi connectivity index (χ0n) is 13.4. The van der Waals surface area contributed by atoms with Crippen molar-refractivity contribution in [3.05, 3.63) is 94.3 Å². The number of rotatable bonds is 5. The molecular weight excluding hydrogens is 339 g/mol. The van der Waals surface area contributed by atoms with Crippen molar-refractivity contribution in [2.75, 3.05) is 5.32 Å². The number of non-ortho nitro benzene ring substituents is 1. The number of nitrogens with one attached hydrogen (secondary N) is 1. The minimum absolute atomic E-state index is 0.101. The Morgan fingerprint density at radius 3 is 2.42 bits per heavy atom. The van der Waals surface area contributed by atoms with Gasteiger partial charge in [-0.05, 0) is 36.4 Å². The number of halogens is 1. The van der Waals surface area contributed by atoms with Crippen molar-refractivity contribution in [2.45, 2.75) is 0 Å². The predicted molar refractivity (Wildman–Crippen MR) is 94.0 cm³/mol. The molecule has 0 spiro atoms. The molecule has 0 aliphatic carbocycles. The van der Waals surface area contributed by atoms with E-state index in [0.29, 0.717) is 17.2 Å². The van der Waals surface area contributed by atoms with E-state index in [2.05, 4.69) is 5.32 Å². The molecule has 1 amide bonds. The molecule has 0 aromatic heterocycles. The summed E-state index contributed by atoms with van der Waals surface area (Å²) in [6.45, 7) is 0. The Balaban J connectivity index is 1.79. The highest BCUT2D eigenvalue weighted by atomic mass is 19.1. The monoisotopic (exact) mass is 352 g/mol. The molecular formula is C19H13FN2O4. The van der Waals surface area contributed by atoms with Gasteiger partial charge >= 0.3 is 0 Å². The van der Waals surface area contributed by atoms with Crippen LogP contribution in [-0.2, 0) is 0 Å². The van der Waals surface area contributed by atoms with Crippen molar-refractivity contribution in [1.82, 2.24) is 0 Å². The molecule has 0 heterocycles. The summed E-state index contributed by atoms with van der Waals surface area (Å²) in [7, 11) is 0. The van der Waals surface area contributed by atoms with Crippen molar-refractivity contribution in [3.63, 3.8) is 0 Å². The van der Waals surface area contributed by atoms with Crippen molar-refractivity contribution < 1.29 is 18.8 Å². The molecule has 0 unspecified atom stereocenters. The van der Waals surface area contributed by atoms with Crippen LogP contribution in [0.5, 0.6) is 11.5 Å². The van der Waals surface area contributed by atoms with Gasteiger partial charge in [0.15, 0.2) is 5.75 Å². The number of hydrogen-bond donors (Lipinski definition) is 1. The molecule has 0 fully saturated rings. The van der Waals surface area contributed by atoms with Crippen LogP contribution in [-0.4, -0.2) is 10.8 Å². The lowest BCUT2D eigenvalue weighted by atomic mass is 10.2. The molecule has 6 nitrogen and oxygen atoms in total. The summed E-state index contributed by atoms with van der Waals surface area (Å²) < 4.78 is 18.9. The number of carbonyl (C=O) groups excluding carboxylic acids is 1. The van der Waals surface area contributed by atoms with Crippen LogP contribution in [0.25, 0.3) is 0 Å². The van der Waals surface area contributed by atoms with Gasteiger partial charge in [0, 0.05) is 23.8 Å². The lowest BCUT2D eigenvalue weighted by Gasteiger charge is -2.12. The first kappa shape index (κ1) is 17.1. The zero-order valence-corrected chi connectivity index (χ0v) is 13.4. The summed E-state index contributed by atoms with van der Waals surface area (Å²) in [5.74, 6) is -0.250. The molecule has 130 valence electrons. The molecule has 0 radical (unpaired) electrons. The van der Waals surface area contributed by atoms with E-state index in [9.17, 15) is 19.3 Å². The fourth-order valence-electron chi connectivity index (χ4n) is 2.25. The zero-order chi connectivity index (χ0) is 18.5. The fraction of sp³-hybridized carbons (Fsp3) is 0. The van der Waals surface area contributed by atoms with Crippen LogP contribution in [0.2, 0.25) is 0 Å². The van der Waals surface area contributed by atoms with E-state index >= 15 is 0 Å². The number of amides is 1. The van der Waals surface area contributed by atoms with Crippen LogP contribution in [0.3, 0.4) is 0 Å². The summed E-state index contributed by atoms with van der Waals surface area (Å²) in [6.07, 6.45) is 0. The number of anilines is 1. The van der Waals surface area contributed by atoms with E-state index in [1.165, 1.54) is 42.5 Å². The van der Waals surface area contributed by atoms with E-state index in [0.717, 1.165) is 0 Å². The van der Waals surface area contributed by atoms with Gasteiger partial charge in [-0.15, -0.1) is 0 Å². The third-order valence-electron chi connectivity index (χ3n) is 3.50. The Bertz CT molecular complexity index is 958. The Labute approximate surface area is 148 Å². The van der Waals surface area contributed by atoms with Crippen molar-refractivity contribution >= 4 is 17.3 Å². The molecule has 0 bridgehead atoms. The van der Waals surface area contributed by atoms with Gasteiger partial charge in [0.05, 0.1) is 10.6 Å². The molecule has 3 aromatic carbocycles. The predicted octanol–water partition coefficient (Wildman–Crippen LogP) is 4.78. The number of carbonyl (C=O) groups is 1. The summed E-state index contributed by atoms with van der Waals surface area (Å²) in [4.78, 5) is 22.5. The SMILES string of the molecule is O=C(Nc1ccccc1Oc1cccc(F)c1)c1ccc([N+](=O)[O-])cc1. The molecule has 0 saturated heterocycles. The highest BCUT2D eigenvalue weighted by Crippen LogP contribution is 2.30. The Morgan fingerprint density at radius 1 is 1.00 bits per heavy atom. The second-order valence-corrected chi connectivity index (χ2v) is 5.31. The third kappa shape index (κ3) is 4.02. The van der Waals surface area contributed by atoms with Crippen molar-refractivity contribution in [2.24, 2.45) is 0 Å². The average Bonchev–Trinajstić information content (AvgIpc) is 2.63. The number of nitro benzene ring substituents is 1. The molecule has 0 atom stereocenters. The van der Waals surface area contributed by atoms with Gasteiger partial charge in [-0.3, -0.25) is 14.9 Å². The van der Waals surface area contributed by atoms with Gasteiger partial charge in [0.2, 0.25) is 0 Å². The van der Waals surface area contributed by atoms with Gasteiger partial charge in [-0.1, -0.05) is 18.2 Å². The molecule has 3 rings (SSSR count). The number of benzene rings is 3. The Morgan fingerprint density at radius 2 is 1.73 bits per heavy atom. The van der Waals surface area contributed by atoms with Crippen molar-refractivity contribution in [1.29, 1.82) is 0 Å². The topological polar surface area (TPSA) is 81.5 Å². The quantitative estimate of drug-likeness (QED) is 0.529. The molecule has 0 saturated carbocycles. The van der Waals surface area contributed by atoms with Crippen LogP contribution < -0.4 is 10.1 Å². The molecule has 0 aliphatic heterocycles. The van der Waals surface area contributed by atoms with Gasteiger partial charge < -0.3 is 10.1 Å². The Kier molecular flexibility index (Phi) is 4.89. The van der Waals surface area contributed by atoms with E-state index in [1.807, 2.05) is 0 Å². The van der Waals surface area contributed by atoms with E-state index in [1.54, 1.807) is 30.3 Å². The maximum atomic E-state index is 13.3. The van der Waals surface area contributed by atoms with E-state index in [-0.39, 0.29) is 11.3 Å². The van der Waals surface area contributed by atoms with Gasteiger partial charge in [0.1, 0.15) is 11.6 Å². The molecule has 0 aliphatic rings. The summed E-state index contributed by atoms with van der Waals surface area (Å²) in [6, 6.07) is 17.6. The van der Waals surface area contributed by atoms with Crippen LogP contribution in [0.1, 0.15) is 10.4 Å². The van der Waals surface area contributed by atoms with Gasteiger partial charge in [-0.25, -0.2) is 4.39 Å². The number of para-hydroxylation sites is 2. The standard InChI is InChI=1S/C19H13FN2O4/c20-14-4-3-5-16(12-14)26-18-7-2-1-6-17(18)21-19(23)13-8-10-15(11-9-13)22(24)25/h1-12H,(H,21,23). The van der Waals surface area contributed by atoms with E-state index in [4.69, 9.17) is 4.74 Å². The fourth-order valence-corrected chi connectivity index (χ4v) is 2.25. The second-order valence-electron chi connectivity index (χ2n) is 5.31. The van der Waals surface area contributed by atoms with Gasteiger partial charge in [-0.2, -0.15) is 0 Å². The lowest BCUT2D eigenvalue weighted by molar-refractivity contribution is -0.384. The number of nitrogens with zero attached hydrogens (tertiary/aromatic N) is 1. The number of nitro groups is 1.